The number of amides is 2. The van der Waals surface area contributed by atoms with Gasteiger partial charge in [-0.15, -0.1) is 12.4 Å². The van der Waals surface area contributed by atoms with E-state index in [9.17, 15) is 9.59 Å². The molecule has 2 aliphatic heterocycles. The molecule has 1 atom stereocenters. The number of fused-ring (bicyclic) bond motifs is 1. The van der Waals surface area contributed by atoms with Crippen molar-refractivity contribution in [3.05, 3.63) is 17.2 Å². The van der Waals surface area contributed by atoms with Crippen molar-refractivity contribution < 1.29 is 14.3 Å². The molecule has 0 aromatic heterocycles. The molecule has 0 aliphatic carbocycles. The predicted octanol–water partition coefficient (Wildman–Crippen LogP) is 2.13. The van der Waals surface area contributed by atoms with Gasteiger partial charge in [0.25, 0.3) is 5.91 Å². The number of halogens is 2. The fourth-order valence-electron chi connectivity index (χ4n) is 2.37. The highest BCUT2D eigenvalue weighted by atomic mass is 35.5. The van der Waals surface area contributed by atoms with Gasteiger partial charge in [-0.3, -0.25) is 9.59 Å². The second-order valence-corrected chi connectivity index (χ2v) is 6.70. The van der Waals surface area contributed by atoms with E-state index < -0.39 is 0 Å². The average Bonchev–Trinajstić information content (AvgIpc) is 2.49. The molecule has 0 bridgehead atoms. The molecule has 2 amide bonds. The highest BCUT2D eigenvalue weighted by Gasteiger charge is 2.20. The van der Waals surface area contributed by atoms with E-state index in [0.29, 0.717) is 28.6 Å². The van der Waals surface area contributed by atoms with Crippen LogP contribution in [0.15, 0.2) is 12.1 Å². The number of benzene rings is 1. The Balaban J connectivity index is 0.00000192. The largest absolute Gasteiger partial charge is 0.482 e. The summed E-state index contributed by atoms with van der Waals surface area (Å²) in [6.07, 6.45) is 0.401. The van der Waals surface area contributed by atoms with E-state index >= 15 is 0 Å². The summed E-state index contributed by atoms with van der Waals surface area (Å²) in [5.41, 5.74) is 1.01. The van der Waals surface area contributed by atoms with Gasteiger partial charge < -0.3 is 20.7 Å². The van der Waals surface area contributed by atoms with Crippen molar-refractivity contribution in [3.63, 3.8) is 0 Å². The molecule has 2 aliphatic rings. The van der Waals surface area contributed by atoms with Crippen molar-refractivity contribution in [3.8, 4) is 5.75 Å². The second kappa shape index (κ2) is 8.10. The Morgan fingerprint density at radius 3 is 3.04 bits per heavy atom. The zero-order valence-corrected chi connectivity index (χ0v) is 14.6. The van der Waals surface area contributed by atoms with Gasteiger partial charge >= 0.3 is 0 Å². The summed E-state index contributed by atoms with van der Waals surface area (Å²) in [7, 11) is 0. The molecule has 0 spiro atoms. The Labute approximate surface area is 149 Å². The number of ether oxygens (including phenoxy) is 1. The van der Waals surface area contributed by atoms with Crippen LogP contribution in [0.3, 0.4) is 0 Å². The van der Waals surface area contributed by atoms with Gasteiger partial charge in [0, 0.05) is 36.6 Å². The fraction of sp³-hybridized carbons (Fsp3) is 0.429. The van der Waals surface area contributed by atoms with Crippen LogP contribution in [-0.4, -0.2) is 42.5 Å². The van der Waals surface area contributed by atoms with Gasteiger partial charge in [0.1, 0.15) is 5.75 Å². The van der Waals surface area contributed by atoms with Gasteiger partial charge in [-0.25, -0.2) is 0 Å². The maximum Gasteiger partial charge on any atom is 0.262 e. The topological polar surface area (TPSA) is 79.5 Å². The zero-order valence-electron chi connectivity index (χ0n) is 12.2. The van der Waals surface area contributed by atoms with E-state index in [0.717, 1.165) is 18.1 Å². The van der Waals surface area contributed by atoms with Crippen LogP contribution in [0.25, 0.3) is 0 Å². The van der Waals surface area contributed by atoms with Crippen LogP contribution < -0.4 is 20.7 Å². The number of carbonyl (C=O) groups is 2. The molecule has 0 saturated carbocycles. The lowest BCUT2D eigenvalue weighted by Crippen LogP contribution is -2.39. The molecule has 23 heavy (non-hydrogen) atoms. The summed E-state index contributed by atoms with van der Waals surface area (Å²) in [6, 6.07) is 3.40. The van der Waals surface area contributed by atoms with E-state index in [1.165, 1.54) is 0 Å². The minimum absolute atomic E-state index is 0. The number of carbonyl (C=O) groups excluding carboxylic acids is 2. The maximum atomic E-state index is 12.1. The van der Waals surface area contributed by atoms with Crippen LogP contribution in [0.4, 0.5) is 11.4 Å². The summed E-state index contributed by atoms with van der Waals surface area (Å²) in [6.45, 7) is 0.890. The molecule has 1 aromatic carbocycles. The minimum atomic E-state index is -0.221. The van der Waals surface area contributed by atoms with Crippen LogP contribution in [-0.2, 0) is 9.59 Å². The molecule has 1 fully saturated rings. The molecule has 9 heteroatoms. The zero-order chi connectivity index (χ0) is 15.5. The third-order valence-corrected chi connectivity index (χ3v) is 4.85. The van der Waals surface area contributed by atoms with E-state index in [-0.39, 0.29) is 36.9 Å². The molecule has 6 nitrogen and oxygen atoms in total. The molecule has 1 unspecified atom stereocenters. The second-order valence-electron chi connectivity index (χ2n) is 5.14. The number of hydrogen-bond donors (Lipinski definition) is 3. The first-order valence-corrected chi connectivity index (χ1v) is 8.52. The molecule has 0 radical (unpaired) electrons. The molecule has 3 rings (SSSR count). The van der Waals surface area contributed by atoms with Crippen molar-refractivity contribution in [2.45, 2.75) is 12.5 Å². The summed E-state index contributed by atoms with van der Waals surface area (Å²) in [5.74, 6) is 2.20. The smallest absolute Gasteiger partial charge is 0.262 e. The molecule has 126 valence electrons. The van der Waals surface area contributed by atoms with E-state index in [4.69, 9.17) is 16.3 Å². The molecule has 2 heterocycles. The van der Waals surface area contributed by atoms with Gasteiger partial charge in [0.15, 0.2) is 6.61 Å². The highest BCUT2D eigenvalue weighted by molar-refractivity contribution is 7.99. The first-order chi connectivity index (χ1) is 10.6. The monoisotopic (exact) mass is 377 g/mol. The van der Waals surface area contributed by atoms with Gasteiger partial charge in [-0.2, -0.15) is 11.8 Å². The maximum absolute atomic E-state index is 12.1. The van der Waals surface area contributed by atoms with E-state index in [1.54, 1.807) is 12.1 Å². The third-order valence-electron chi connectivity index (χ3n) is 3.41. The lowest BCUT2D eigenvalue weighted by atomic mass is 10.2. The van der Waals surface area contributed by atoms with Crippen LogP contribution >= 0.6 is 35.8 Å². The number of rotatable bonds is 3. The van der Waals surface area contributed by atoms with Gasteiger partial charge in [0.05, 0.1) is 16.4 Å². The van der Waals surface area contributed by atoms with Crippen molar-refractivity contribution >= 4 is 59.0 Å². The summed E-state index contributed by atoms with van der Waals surface area (Å²) in [5, 5.41) is 9.16. The normalized spacial score (nSPS) is 19.7. The molecule has 3 N–H and O–H groups in total. The third kappa shape index (κ3) is 4.67. The summed E-state index contributed by atoms with van der Waals surface area (Å²) >= 11 is 8.00. The van der Waals surface area contributed by atoms with Crippen molar-refractivity contribution in [2.24, 2.45) is 0 Å². The quantitative estimate of drug-likeness (QED) is 0.751. The SMILES string of the molecule is Cl.O=C(CC1CSCCN1)Nc1cc2c(cc1Cl)NC(=O)CO2. The molecular weight excluding hydrogens is 361 g/mol. The van der Waals surface area contributed by atoms with Crippen molar-refractivity contribution in [2.75, 3.05) is 35.3 Å². The minimum Gasteiger partial charge on any atom is -0.482 e. The highest BCUT2D eigenvalue weighted by Crippen LogP contribution is 2.36. The Hall–Kier alpha value is -1.15. The number of hydrogen-bond acceptors (Lipinski definition) is 5. The summed E-state index contributed by atoms with van der Waals surface area (Å²) < 4.78 is 5.33. The number of thioether (sulfide) groups is 1. The Kier molecular flexibility index (Phi) is 6.41. The first kappa shape index (κ1) is 18.2. The van der Waals surface area contributed by atoms with E-state index in [1.807, 2.05) is 11.8 Å². The Morgan fingerprint density at radius 1 is 1.48 bits per heavy atom. The Morgan fingerprint density at radius 2 is 2.30 bits per heavy atom. The van der Waals surface area contributed by atoms with Gasteiger partial charge in [-0.1, -0.05) is 11.6 Å². The molecule has 1 aromatic rings. The molecule has 1 saturated heterocycles. The van der Waals surface area contributed by atoms with Crippen LogP contribution in [0.5, 0.6) is 5.75 Å². The van der Waals surface area contributed by atoms with E-state index in [2.05, 4.69) is 16.0 Å². The van der Waals surface area contributed by atoms with Crippen LogP contribution in [0.1, 0.15) is 6.42 Å². The van der Waals surface area contributed by atoms with Gasteiger partial charge in [-0.05, 0) is 6.07 Å². The van der Waals surface area contributed by atoms with Crippen LogP contribution in [0.2, 0.25) is 5.02 Å². The summed E-state index contributed by atoms with van der Waals surface area (Å²) in [4.78, 5) is 23.4. The van der Waals surface area contributed by atoms with Crippen LogP contribution in [0, 0.1) is 0 Å². The average molecular weight is 378 g/mol. The standard InChI is InChI=1S/C14H16ClN3O3S.ClH/c15-9-4-11-12(21-6-14(20)18-11)5-10(9)17-13(19)3-8-7-22-2-1-16-8;/h4-5,8,16H,1-3,6-7H2,(H,17,19)(H,18,20);1H. The predicted molar refractivity (Wildman–Crippen MR) is 95.2 cm³/mol. The molecular formula is C14H17Cl2N3O3S. The lowest BCUT2D eigenvalue weighted by Gasteiger charge is -2.23. The number of anilines is 2. The fourth-order valence-corrected chi connectivity index (χ4v) is 3.53. The van der Waals surface area contributed by atoms with Crippen molar-refractivity contribution in [1.82, 2.24) is 5.32 Å². The lowest BCUT2D eigenvalue weighted by molar-refractivity contribution is -0.119. The Bertz CT molecular complexity index is 609. The van der Waals surface area contributed by atoms with Gasteiger partial charge in [0.2, 0.25) is 5.91 Å². The number of nitrogens with one attached hydrogen (secondary N) is 3. The first-order valence-electron chi connectivity index (χ1n) is 6.99. The van der Waals surface area contributed by atoms with Crippen molar-refractivity contribution in [1.29, 1.82) is 0 Å².